The molecule has 23 heavy (non-hydrogen) atoms. The van der Waals surface area contributed by atoms with Crippen molar-refractivity contribution in [3.8, 4) is 5.75 Å². The predicted octanol–water partition coefficient (Wildman–Crippen LogP) is 2.94. The van der Waals surface area contributed by atoms with Crippen molar-refractivity contribution in [1.82, 2.24) is 0 Å². The summed E-state index contributed by atoms with van der Waals surface area (Å²) in [4.78, 5) is 23.5. The fourth-order valence-corrected chi connectivity index (χ4v) is 1.93. The van der Waals surface area contributed by atoms with Crippen LogP contribution in [0.5, 0.6) is 5.75 Å². The van der Waals surface area contributed by atoms with Crippen molar-refractivity contribution in [2.75, 3.05) is 19.0 Å². The van der Waals surface area contributed by atoms with E-state index < -0.39 is 24.3 Å². The van der Waals surface area contributed by atoms with E-state index in [4.69, 9.17) is 9.47 Å². The van der Waals surface area contributed by atoms with Crippen LogP contribution in [-0.4, -0.2) is 25.6 Å². The van der Waals surface area contributed by atoms with Crippen LogP contribution in [0.25, 0.3) is 0 Å². The normalized spacial score (nSPS) is 10.0. The molecule has 0 aromatic heterocycles. The van der Waals surface area contributed by atoms with Gasteiger partial charge in [0.25, 0.3) is 5.91 Å². The monoisotopic (exact) mass is 317 g/mol. The van der Waals surface area contributed by atoms with E-state index in [1.165, 1.54) is 19.2 Å². The van der Waals surface area contributed by atoms with Gasteiger partial charge in [0, 0.05) is 5.69 Å². The van der Waals surface area contributed by atoms with Gasteiger partial charge in [0.05, 0.1) is 12.7 Å². The molecule has 0 heterocycles. The Bertz CT molecular complexity index is 730. The van der Waals surface area contributed by atoms with Gasteiger partial charge in [-0.2, -0.15) is 0 Å². The number of benzene rings is 2. The van der Waals surface area contributed by atoms with E-state index in [9.17, 15) is 14.0 Å². The van der Waals surface area contributed by atoms with Gasteiger partial charge in [0.2, 0.25) is 0 Å². The Morgan fingerprint density at radius 3 is 2.61 bits per heavy atom. The molecule has 1 N–H and O–H groups in total. The molecule has 0 bridgehead atoms. The van der Waals surface area contributed by atoms with Crippen LogP contribution < -0.4 is 10.1 Å². The van der Waals surface area contributed by atoms with Crippen molar-refractivity contribution in [2.45, 2.75) is 6.92 Å². The summed E-state index contributed by atoms with van der Waals surface area (Å²) in [6, 6.07) is 10.9. The zero-order valence-electron chi connectivity index (χ0n) is 12.8. The summed E-state index contributed by atoms with van der Waals surface area (Å²) in [6.07, 6.45) is 0. The first-order chi connectivity index (χ1) is 11.0. The zero-order chi connectivity index (χ0) is 16.8. The fourth-order valence-electron chi connectivity index (χ4n) is 1.93. The molecule has 1 amide bonds. The molecule has 0 saturated carbocycles. The number of esters is 1. The van der Waals surface area contributed by atoms with Crippen LogP contribution in [0, 0.1) is 12.7 Å². The largest absolute Gasteiger partial charge is 0.494 e. The van der Waals surface area contributed by atoms with E-state index in [2.05, 4.69) is 5.32 Å². The van der Waals surface area contributed by atoms with Crippen molar-refractivity contribution in [1.29, 1.82) is 0 Å². The Labute approximate surface area is 133 Å². The number of anilines is 1. The van der Waals surface area contributed by atoms with Crippen molar-refractivity contribution in [2.24, 2.45) is 0 Å². The number of carbonyl (C=O) groups excluding carboxylic acids is 2. The van der Waals surface area contributed by atoms with Gasteiger partial charge >= 0.3 is 5.97 Å². The lowest BCUT2D eigenvalue weighted by Crippen LogP contribution is -2.21. The molecular formula is C17H16FNO4. The maximum absolute atomic E-state index is 13.5. The Kier molecular flexibility index (Phi) is 5.30. The van der Waals surface area contributed by atoms with Gasteiger partial charge in [0.1, 0.15) is 0 Å². The Hall–Kier alpha value is -2.89. The van der Waals surface area contributed by atoms with Crippen molar-refractivity contribution < 1.29 is 23.5 Å². The number of rotatable bonds is 5. The van der Waals surface area contributed by atoms with E-state index in [1.54, 1.807) is 18.2 Å². The molecule has 0 aliphatic carbocycles. The number of aryl methyl sites for hydroxylation is 1. The third kappa shape index (κ3) is 4.54. The van der Waals surface area contributed by atoms with Gasteiger partial charge in [0.15, 0.2) is 18.2 Å². The van der Waals surface area contributed by atoms with Gasteiger partial charge in [-0.25, -0.2) is 9.18 Å². The summed E-state index contributed by atoms with van der Waals surface area (Å²) in [5.74, 6) is -1.91. The van der Waals surface area contributed by atoms with Crippen LogP contribution in [0.2, 0.25) is 0 Å². The maximum Gasteiger partial charge on any atom is 0.338 e. The average Bonchev–Trinajstić information content (AvgIpc) is 2.52. The van der Waals surface area contributed by atoms with Crippen molar-refractivity contribution >= 4 is 17.6 Å². The van der Waals surface area contributed by atoms with Gasteiger partial charge in [-0.3, -0.25) is 4.79 Å². The lowest BCUT2D eigenvalue weighted by molar-refractivity contribution is -0.119. The van der Waals surface area contributed by atoms with E-state index >= 15 is 0 Å². The molecule has 0 radical (unpaired) electrons. The van der Waals surface area contributed by atoms with Crippen LogP contribution in [0.4, 0.5) is 10.1 Å². The van der Waals surface area contributed by atoms with Gasteiger partial charge in [-0.05, 0) is 42.8 Å². The lowest BCUT2D eigenvalue weighted by atomic mass is 10.2. The molecule has 5 nitrogen and oxygen atoms in total. The molecule has 0 aliphatic rings. The Morgan fingerprint density at radius 1 is 1.17 bits per heavy atom. The van der Waals surface area contributed by atoms with E-state index in [0.717, 1.165) is 11.6 Å². The highest BCUT2D eigenvalue weighted by molar-refractivity contribution is 5.95. The minimum Gasteiger partial charge on any atom is -0.494 e. The zero-order valence-corrected chi connectivity index (χ0v) is 12.8. The maximum atomic E-state index is 13.5. The number of amides is 1. The minimum absolute atomic E-state index is 0.00616. The minimum atomic E-state index is -0.786. The number of ether oxygens (including phenoxy) is 2. The highest BCUT2D eigenvalue weighted by atomic mass is 19.1. The molecule has 2 rings (SSSR count). The van der Waals surface area contributed by atoms with E-state index in [1.807, 2.05) is 13.0 Å². The summed E-state index contributed by atoms with van der Waals surface area (Å²) < 4.78 is 23.1. The molecule has 0 spiro atoms. The highest BCUT2D eigenvalue weighted by Gasteiger charge is 2.13. The second-order valence-electron chi connectivity index (χ2n) is 4.84. The highest BCUT2D eigenvalue weighted by Crippen LogP contribution is 2.18. The number of hydrogen-bond donors (Lipinski definition) is 1. The summed E-state index contributed by atoms with van der Waals surface area (Å²) in [7, 11) is 1.33. The molecule has 120 valence electrons. The molecular weight excluding hydrogens is 301 g/mol. The Morgan fingerprint density at radius 2 is 1.96 bits per heavy atom. The number of nitrogens with one attached hydrogen (secondary N) is 1. The first-order valence-electron chi connectivity index (χ1n) is 6.87. The first-order valence-corrected chi connectivity index (χ1v) is 6.87. The fraction of sp³-hybridized carbons (Fsp3) is 0.176. The molecule has 0 aliphatic heterocycles. The van der Waals surface area contributed by atoms with Crippen molar-refractivity contribution in [3.05, 3.63) is 59.4 Å². The molecule has 2 aromatic rings. The molecule has 0 atom stereocenters. The smallest absolute Gasteiger partial charge is 0.338 e. The Balaban J connectivity index is 1.91. The summed E-state index contributed by atoms with van der Waals surface area (Å²) >= 11 is 0. The van der Waals surface area contributed by atoms with Gasteiger partial charge in [-0.15, -0.1) is 0 Å². The van der Waals surface area contributed by atoms with E-state index in [0.29, 0.717) is 5.69 Å². The van der Waals surface area contributed by atoms with Crippen LogP contribution in [0.3, 0.4) is 0 Å². The second kappa shape index (κ2) is 7.40. The molecule has 6 heteroatoms. The van der Waals surface area contributed by atoms with Gasteiger partial charge < -0.3 is 14.8 Å². The second-order valence-corrected chi connectivity index (χ2v) is 4.84. The van der Waals surface area contributed by atoms with E-state index in [-0.39, 0.29) is 11.3 Å². The molecule has 0 fully saturated rings. The number of halogens is 1. The SMILES string of the molecule is COc1ccc(C(=O)OCC(=O)Nc2cccc(C)c2)cc1F. The topological polar surface area (TPSA) is 64.6 Å². The standard InChI is InChI=1S/C17H16FNO4/c1-11-4-3-5-13(8-11)19-16(20)10-23-17(21)12-6-7-15(22-2)14(18)9-12/h3-9H,10H2,1-2H3,(H,19,20). The van der Waals surface area contributed by atoms with Gasteiger partial charge in [-0.1, -0.05) is 12.1 Å². The molecule has 0 saturated heterocycles. The van der Waals surface area contributed by atoms with Crippen LogP contribution in [-0.2, 0) is 9.53 Å². The predicted molar refractivity (Wildman–Crippen MR) is 83.0 cm³/mol. The average molecular weight is 317 g/mol. The molecule has 2 aromatic carbocycles. The first kappa shape index (κ1) is 16.5. The number of methoxy groups -OCH3 is 1. The summed E-state index contributed by atoms with van der Waals surface area (Å²) in [6.45, 7) is 1.44. The lowest BCUT2D eigenvalue weighted by Gasteiger charge is -2.08. The van der Waals surface area contributed by atoms with Crippen LogP contribution in [0.1, 0.15) is 15.9 Å². The van der Waals surface area contributed by atoms with Crippen LogP contribution in [0.15, 0.2) is 42.5 Å². The number of carbonyl (C=O) groups is 2. The summed E-state index contributed by atoms with van der Waals surface area (Å²) in [5.41, 5.74) is 1.61. The molecule has 0 unspecified atom stereocenters. The number of hydrogen-bond acceptors (Lipinski definition) is 4. The summed E-state index contributed by atoms with van der Waals surface area (Å²) in [5, 5.41) is 2.61. The third-order valence-electron chi connectivity index (χ3n) is 3.02. The third-order valence-corrected chi connectivity index (χ3v) is 3.02. The van der Waals surface area contributed by atoms with Crippen LogP contribution >= 0.6 is 0 Å². The van der Waals surface area contributed by atoms with Crippen molar-refractivity contribution in [3.63, 3.8) is 0 Å². The quantitative estimate of drug-likeness (QED) is 0.861.